The van der Waals surface area contributed by atoms with Crippen LogP contribution in [0.5, 0.6) is 0 Å². The van der Waals surface area contributed by atoms with Crippen LogP contribution in [0.2, 0.25) is 0 Å². The Morgan fingerprint density at radius 1 is 1.10 bits per heavy atom. The summed E-state index contributed by atoms with van der Waals surface area (Å²) in [6.45, 7) is 4.85. The topological polar surface area (TPSA) is 112 Å². The molecule has 0 spiro atoms. The van der Waals surface area contributed by atoms with Crippen molar-refractivity contribution < 1.29 is 0 Å². The van der Waals surface area contributed by atoms with E-state index in [1.54, 1.807) is 0 Å². The molecule has 1 saturated heterocycles. The standard InChI is InChI=1S/C21H24N8/c1-21(12-22)7-2-8-29(13-21)19-6-5-18(26-27-19)16-4-3-15(14-9-23-24-10-14)17-11-25-28-20(16)17/h3-6,9-11H,2,7-8,12-13,22H2,1H3,(H,23,24)(H,25,28). The lowest BCUT2D eigenvalue weighted by Gasteiger charge is -2.40. The lowest BCUT2D eigenvalue weighted by atomic mass is 9.82. The van der Waals surface area contributed by atoms with E-state index < -0.39 is 0 Å². The van der Waals surface area contributed by atoms with Gasteiger partial charge in [0.15, 0.2) is 5.82 Å². The second kappa shape index (κ2) is 6.97. The molecule has 4 N–H and O–H groups in total. The Kier molecular flexibility index (Phi) is 4.28. The van der Waals surface area contributed by atoms with Crippen LogP contribution in [0.3, 0.4) is 0 Å². The maximum Gasteiger partial charge on any atom is 0.151 e. The third-order valence-electron chi connectivity index (χ3n) is 5.95. The van der Waals surface area contributed by atoms with E-state index in [-0.39, 0.29) is 5.41 Å². The molecule has 1 aliphatic heterocycles. The second-order valence-corrected chi connectivity index (χ2v) is 8.12. The number of anilines is 1. The molecule has 8 heteroatoms. The van der Waals surface area contributed by atoms with Crippen molar-refractivity contribution in [2.75, 3.05) is 24.5 Å². The van der Waals surface area contributed by atoms with E-state index in [4.69, 9.17) is 5.73 Å². The molecule has 1 aromatic carbocycles. The molecule has 1 atom stereocenters. The molecule has 0 amide bonds. The first-order valence-corrected chi connectivity index (χ1v) is 9.91. The fourth-order valence-electron chi connectivity index (χ4n) is 4.21. The Balaban J connectivity index is 1.47. The molecule has 1 fully saturated rings. The summed E-state index contributed by atoms with van der Waals surface area (Å²) in [7, 11) is 0. The molecule has 3 aromatic heterocycles. The third kappa shape index (κ3) is 3.15. The van der Waals surface area contributed by atoms with Crippen LogP contribution in [-0.4, -0.2) is 50.2 Å². The first-order chi connectivity index (χ1) is 14.2. The molecule has 5 rings (SSSR count). The number of H-pyrrole nitrogens is 2. The molecule has 0 bridgehead atoms. The highest BCUT2D eigenvalue weighted by Crippen LogP contribution is 2.34. The summed E-state index contributed by atoms with van der Waals surface area (Å²) in [5, 5.41) is 24.4. The molecule has 0 saturated carbocycles. The van der Waals surface area contributed by atoms with Gasteiger partial charge < -0.3 is 10.6 Å². The highest BCUT2D eigenvalue weighted by molar-refractivity contribution is 6.01. The number of hydrogen-bond acceptors (Lipinski definition) is 6. The zero-order valence-corrected chi connectivity index (χ0v) is 16.4. The smallest absolute Gasteiger partial charge is 0.151 e. The first-order valence-electron chi connectivity index (χ1n) is 9.91. The first kappa shape index (κ1) is 17.8. The van der Waals surface area contributed by atoms with Gasteiger partial charge in [-0.25, -0.2) is 0 Å². The van der Waals surface area contributed by atoms with Gasteiger partial charge in [0, 0.05) is 35.8 Å². The summed E-state index contributed by atoms with van der Waals surface area (Å²) >= 11 is 0. The largest absolute Gasteiger partial charge is 0.355 e. The Morgan fingerprint density at radius 2 is 2.00 bits per heavy atom. The highest BCUT2D eigenvalue weighted by atomic mass is 15.3. The normalized spacial score (nSPS) is 19.7. The summed E-state index contributed by atoms with van der Waals surface area (Å²) in [6, 6.07) is 8.21. The van der Waals surface area contributed by atoms with Crippen LogP contribution in [0.25, 0.3) is 33.3 Å². The van der Waals surface area contributed by atoms with E-state index in [1.807, 2.05) is 24.7 Å². The number of nitrogens with zero attached hydrogens (tertiary/aromatic N) is 5. The molecule has 29 heavy (non-hydrogen) atoms. The van der Waals surface area contributed by atoms with E-state index in [9.17, 15) is 0 Å². The summed E-state index contributed by atoms with van der Waals surface area (Å²) in [6.07, 6.45) is 7.81. The van der Waals surface area contributed by atoms with Crippen molar-refractivity contribution in [1.29, 1.82) is 0 Å². The zero-order chi connectivity index (χ0) is 19.8. The second-order valence-electron chi connectivity index (χ2n) is 8.12. The van der Waals surface area contributed by atoms with Gasteiger partial charge in [-0.2, -0.15) is 10.2 Å². The number of fused-ring (bicyclic) bond motifs is 1. The van der Waals surface area contributed by atoms with Crippen LogP contribution in [0.4, 0.5) is 5.82 Å². The Labute approximate surface area is 168 Å². The Morgan fingerprint density at radius 3 is 2.76 bits per heavy atom. The minimum atomic E-state index is 0.142. The maximum absolute atomic E-state index is 5.99. The lowest BCUT2D eigenvalue weighted by Crippen LogP contribution is -2.45. The van der Waals surface area contributed by atoms with Crippen molar-refractivity contribution in [2.45, 2.75) is 19.8 Å². The predicted molar refractivity (Wildman–Crippen MR) is 113 cm³/mol. The molecule has 4 heterocycles. The van der Waals surface area contributed by atoms with E-state index in [2.05, 4.69) is 60.6 Å². The highest BCUT2D eigenvalue weighted by Gasteiger charge is 2.30. The summed E-state index contributed by atoms with van der Waals surface area (Å²) < 4.78 is 0. The number of hydrogen-bond donors (Lipinski definition) is 3. The Bertz CT molecular complexity index is 1120. The number of rotatable bonds is 4. The van der Waals surface area contributed by atoms with Crippen LogP contribution in [0.15, 0.2) is 42.9 Å². The van der Waals surface area contributed by atoms with Gasteiger partial charge in [-0.1, -0.05) is 13.0 Å². The quantitative estimate of drug-likeness (QED) is 0.495. The van der Waals surface area contributed by atoms with Crippen LogP contribution in [0, 0.1) is 5.41 Å². The lowest BCUT2D eigenvalue weighted by molar-refractivity contribution is 0.270. The molecule has 1 unspecified atom stereocenters. The molecule has 4 aromatic rings. The minimum absolute atomic E-state index is 0.142. The number of benzene rings is 1. The molecule has 0 radical (unpaired) electrons. The molecular formula is C21H24N8. The van der Waals surface area contributed by atoms with Crippen LogP contribution >= 0.6 is 0 Å². The van der Waals surface area contributed by atoms with Crippen LogP contribution in [0.1, 0.15) is 19.8 Å². The molecule has 1 aliphatic rings. The van der Waals surface area contributed by atoms with Crippen molar-refractivity contribution in [2.24, 2.45) is 11.1 Å². The van der Waals surface area contributed by atoms with Gasteiger partial charge in [-0.05, 0) is 48.6 Å². The van der Waals surface area contributed by atoms with E-state index in [0.717, 1.165) is 65.0 Å². The molecular weight excluding hydrogens is 364 g/mol. The summed E-state index contributed by atoms with van der Waals surface area (Å²) in [4.78, 5) is 2.29. The SMILES string of the molecule is CC1(CN)CCCN(c2ccc(-c3ccc(-c4cn[nH]c4)c4cn[nH]c34)nn2)C1. The number of piperidine rings is 1. The average Bonchev–Trinajstić information content (AvgIpc) is 3.46. The third-order valence-corrected chi connectivity index (χ3v) is 5.95. The van der Waals surface area contributed by atoms with Gasteiger partial charge in [-0.3, -0.25) is 10.2 Å². The predicted octanol–water partition coefficient (Wildman–Crippen LogP) is 2.98. The number of aromatic amines is 2. The molecule has 148 valence electrons. The zero-order valence-electron chi connectivity index (χ0n) is 16.4. The number of aromatic nitrogens is 6. The fraction of sp³-hybridized carbons (Fsp3) is 0.333. The van der Waals surface area contributed by atoms with Crippen molar-refractivity contribution >= 4 is 16.7 Å². The number of nitrogens with two attached hydrogens (primary N) is 1. The maximum atomic E-state index is 5.99. The number of nitrogens with one attached hydrogen (secondary N) is 2. The van der Waals surface area contributed by atoms with Crippen LogP contribution < -0.4 is 10.6 Å². The van der Waals surface area contributed by atoms with Gasteiger partial charge >= 0.3 is 0 Å². The monoisotopic (exact) mass is 388 g/mol. The fourth-order valence-corrected chi connectivity index (χ4v) is 4.21. The summed E-state index contributed by atoms with van der Waals surface area (Å²) in [5.41, 5.74) is 11.0. The van der Waals surface area contributed by atoms with Gasteiger partial charge in [0.1, 0.15) is 0 Å². The van der Waals surface area contributed by atoms with Gasteiger partial charge in [-0.15, -0.1) is 10.2 Å². The van der Waals surface area contributed by atoms with Gasteiger partial charge in [0.05, 0.1) is 23.6 Å². The minimum Gasteiger partial charge on any atom is -0.355 e. The van der Waals surface area contributed by atoms with E-state index in [0.29, 0.717) is 6.54 Å². The van der Waals surface area contributed by atoms with Gasteiger partial charge in [0.25, 0.3) is 0 Å². The summed E-state index contributed by atoms with van der Waals surface area (Å²) in [5.74, 6) is 0.906. The van der Waals surface area contributed by atoms with Crippen molar-refractivity contribution in [3.63, 3.8) is 0 Å². The van der Waals surface area contributed by atoms with Crippen molar-refractivity contribution in [3.8, 4) is 22.4 Å². The van der Waals surface area contributed by atoms with Crippen molar-refractivity contribution in [3.05, 3.63) is 42.9 Å². The van der Waals surface area contributed by atoms with Crippen molar-refractivity contribution in [1.82, 2.24) is 30.6 Å². The van der Waals surface area contributed by atoms with E-state index >= 15 is 0 Å². The van der Waals surface area contributed by atoms with Crippen LogP contribution in [-0.2, 0) is 0 Å². The van der Waals surface area contributed by atoms with E-state index in [1.165, 1.54) is 0 Å². The van der Waals surface area contributed by atoms with Gasteiger partial charge in [0.2, 0.25) is 0 Å². The average molecular weight is 388 g/mol. The molecule has 8 nitrogen and oxygen atoms in total. The Hall–Kier alpha value is -3.26. The molecule has 0 aliphatic carbocycles.